The van der Waals surface area contributed by atoms with Crippen molar-refractivity contribution in [2.75, 3.05) is 17.6 Å². The molecular weight excluding hydrogens is 283 g/mol. The van der Waals surface area contributed by atoms with Gasteiger partial charge in [0.25, 0.3) is 0 Å². The summed E-state index contributed by atoms with van der Waals surface area (Å²) >= 11 is 11.6. The van der Waals surface area contributed by atoms with Crippen molar-refractivity contribution in [3.05, 3.63) is 22.3 Å². The molecule has 0 radical (unpaired) electrons. The standard InChI is InChI=1S/C10H12Cl2N2O2S/c11-7-4-9(12)10(13-5-7)14-6-8-2-1-3-17(8,15)16/h4-5,8H,1-3,6H2,(H,13,14). The lowest BCUT2D eigenvalue weighted by molar-refractivity contribution is 0.591. The number of rotatable bonds is 3. The first-order valence-corrected chi connectivity index (χ1v) is 7.72. The summed E-state index contributed by atoms with van der Waals surface area (Å²) in [4.78, 5) is 4.02. The van der Waals surface area contributed by atoms with E-state index < -0.39 is 9.84 Å². The van der Waals surface area contributed by atoms with E-state index >= 15 is 0 Å². The molecule has 0 aromatic carbocycles. The number of hydrogen-bond donors (Lipinski definition) is 1. The Morgan fingerprint density at radius 3 is 2.82 bits per heavy atom. The van der Waals surface area contributed by atoms with Crippen molar-refractivity contribution in [1.29, 1.82) is 0 Å². The van der Waals surface area contributed by atoms with Gasteiger partial charge < -0.3 is 5.32 Å². The van der Waals surface area contributed by atoms with E-state index in [1.165, 1.54) is 6.20 Å². The van der Waals surface area contributed by atoms with Gasteiger partial charge in [0, 0.05) is 12.7 Å². The summed E-state index contributed by atoms with van der Waals surface area (Å²) in [5.74, 6) is 0.749. The largest absolute Gasteiger partial charge is 0.368 e. The summed E-state index contributed by atoms with van der Waals surface area (Å²) < 4.78 is 23.2. The number of anilines is 1. The summed E-state index contributed by atoms with van der Waals surface area (Å²) in [5, 5.41) is 3.47. The monoisotopic (exact) mass is 294 g/mol. The number of pyridine rings is 1. The first-order valence-electron chi connectivity index (χ1n) is 5.25. The van der Waals surface area contributed by atoms with E-state index in [2.05, 4.69) is 10.3 Å². The Morgan fingerprint density at radius 2 is 2.24 bits per heavy atom. The maximum Gasteiger partial charge on any atom is 0.154 e. The van der Waals surface area contributed by atoms with Gasteiger partial charge in [0.15, 0.2) is 9.84 Å². The molecular formula is C10H12Cl2N2O2S. The van der Waals surface area contributed by atoms with Crippen LogP contribution in [-0.4, -0.2) is 30.9 Å². The average molecular weight is 295 g/mol. The van der Waals surface area contributed by atoms with E-state index in [1.807, 2.05) is 0 Å². The minimum absolute atomic E-state index is 0.279. The summed E-state index contributed by atoms with van der Waals surface area (Å²) in [6.07, 6.45) is 2.90. The number of nitrogens with zero attached hydrogens (tertiary/aromatic N) is 1. The molecule has 1 aliphatic heterocycles. The van der Waals surface area contributed by atoms with Gasteiger partial charge in [0.05, 0.1) is 21.0 Å². The van der Waals surface area contributed by atoms with Crippen molar-refractivity contribution in [3.63, 3.8) is 0 Å². The molecule has 1 fully saturated rings. The van der Waals surface area contributed by atoms with Gasteiger partial charge in [0.2, 0.25) is 0 Å². The predicted octanol–water partition coefficient (Wildman–Crippen LogP) is 2.38. The highest BCUT2D eigenvalue weighted by molar-refractivity contribution is 7.92. The molecule has 0 spiro atoms. The molecule has 0 amide bonds. The second kappa shape index (κ2) is 5.00. The van der Waals surface area contributed by atoms with Gasteiger partial charge in [-0.1, -0.05) is 23.2 Å². The molecule has 1 aliphatic rings. The topological polar surface area (TPSA) is 59.1 Å². The van der Waals surface area contributed by atoms with Crippen molar-refractivity contribution in [3.8, 4) is 0 Å². The molecule has 7 heteroatoms. The van der Waals surface area contributed by atoms with Crippen LogP contribution in [0.15, 0.2) is 12.3 Å². The van der Waals surface area contributed by atoms with Crippen LogP contribution in [-0.2, 0) is 9.84 Å². The van der Waals surface area contributed by atoms with Gasteiger partial charge in [-0.3, -0.25) is 0 Å². The van der Waals surface area contributed by atoms with Crippen LogP contribution in [0.25, 0.3) is 0 Å². The maximum atomic E-state index is 11.6. The van der Waals surface area contributed by atoms with Crippen LogP contribution < -0.4 is 5.32 Å². The normalized spacial score (nSPS) is 22.6. The Hall–Kier alpha value is -0.520. The minimum Gasteiger partial charge on any atom is -0.368 e. The maximum absolute atomic E-state index is 11.6. The predicted molar refractivity (Wildman–Crippen MR) is 69.6 cm³/mol. The number of halogens is 2. The van der Waals surface area contributed by atoms with Crippen LogP contribution in [0.2, 0.25) is 10.0 Å². The molecule has 94 valence electrons. The third-order valence-electron chi connectivity index (χ3n) is 2.77. The van der Waals surface area contributed by atoms with Crippen LogP contribution in [0.5, 0.6) is 0 Å². The second-order valence-corrected chi connectivity index (χ2v) is 7.24. The van der Waals surface area contributed by atoms with Crippen molar-refractivity contribution < 1.29 is 8.42 Å². The van der Waals surface area contributed by atoms with Crippen molar-refractivity contribution in [1.82, 2.24) is 4.98 Å². The highest BCUT2D eigenvalue weighted by Crippen LogP contribution is 2.24. The fourth-order valence-corrected chi connectivity index (χ4v) is 4.05. The molecule has 2 heterocycles. The fourth-order valence-electron chi connectivity index (χ4n) is 1.84. The van der Waals surface area contributed by atoms with E-state index in [0.29, 0.717) is 28.8 Å². The van der Waals surface area contributed by atoms with Crippen LogP contribution in [0, 0.1) is 0 Å². The summed E-state index contributed by atoms with van der Waals surface area (Å²) in [7, 11) is -2.94. The molecule has 1 unspecified atom stereocenters. The fraction of sp³-hybridized carbons (Fsp3) is 0.500. The van der Waals surface area contributed by atoms with Crippen molar-refractivity contribution >= 4 is 38.9 Å². The van der Waals surface area contributed by atoms with Gasteiger partial charge in [0.1, 0.15) is 5.82 Å². The van der Waals surface area contributed by atoms with Gasteiger partial charge in [-0.25, -0.2) is 13.4 Å². The zero-order valence-corrected chi connectivity index (χ0v) is 11.3. The third kappa shape index (κ3) is 3.03. The van der Waals surface area contributed by atoms with E-state index in [9.17, 15) is 8.42 Å². The van der Waals surface area contributed by atoms with E-state index in [4.69, 9.17) is 23.2 Å². The number of sulfone groups is 1. The van der Waals surface area contributed by atoms with Crippen LogP contribution in [0.4, 0.5) is 5.82 Å². The van der Waals surface area contributed by atoms with Gasteiger partial charge >= 0.3 is 0 Å². The lowest BCUT2D eigenvalue weighted by atomic mass is 10.2. The highest BCUT2D eigenvalue weighted by Gasteiger charge is 2.30. The Balaban J connectivity index is 2.03. The Labute approximate surface area is 110 Å². The number of nitrogens with one attached hydrogen (secondary N) is 1. The minimum atomic E-state index is -2.94. The van der Waals surface area contributed by atoms with Crippen LogP contribution in [0.1, 0.15) is 12.8 Å². The molecule has 1 aromatic heterocycles. The zero-order valence-electron chi connectivity index (χ0n) is 8.99. The lowest BCUT2D eigenvalue weighted by Crippen LogP contribution is -2.25. The van der Waals surface area contributed by atoms with Crippen LogP contribution >= 0.6 is 23.2 Å². The Kier molecular flexibility index (Phi) is 3.80. The van der Waals surface area contributed by atoms with E-state index in [1.54, 1.807) is 6.07 Å². The first-order chi connectivity index (χ1) is 7.99. The second-order valence-electron chi connectivity index (χ2n) is 4.00. The third-order valence-corrected chi connectivity index (χ3v) is 5.54. The average Bonchev–Trinajstić information content (AvgIpc) is 2.57. The molecule has 0 bridgehead atoms. The molecule has 1 aromatic rings. The first kappa shape index (κ1) is 12.9. The van der Waals surface area contributed by atoms with E-state index in [0.717, 1.165) is 6.42 Å². The molecule has 0 aliphatic carbocycles. The zero-order chi connectivity index (χ0) is 12.5. The molecule has 2 rings (SSSR count). The van der Waals surface area contributed by atoms with Crippen LogP contribution in [0.3, 0.4) is 0 Å². The van der Waals surface area contributed by atoms with Crippen molar-refractivity contribution in [2.45, 2.75) is 18.1 Å². The van der Waals surface area contributed by atoms with E-state index in [-0.39, 0.29) is 11.0 Å². The molecule has 1 saturated heterocycles. The molecule has 17 heavy (non-hydrogen) atoms. The smallest absolute Gasteiger partial charge is 0.154 e. The Morgan fingerprint density at radius 1 is 1.47 bits per heavy atom. The Bertz CT molecular complexity index is 519. The molecule has 1 atom stereocenters. The van der Waals surface area contributed by atoms with Gasteiger partial charge in [-0.15, -0.1) is 0 Å². The SMILES string of the molecule is O=S1(=O)CCCC1CNc1ncc(Cl)cc1Cl. The number of aromatic nitrogens is 1. The molecule has 4 nitrogen and oxygen atoms in total. The number of hydrogen-bond acceptors (Lipinski definition) is 4. The lowest BCUT2D eigenvalue weighted by Gasteiger charge is -2.12. The van der Waals surface area contributed by atoms with Crippen molar-refractivity contribution in [2.24, 2.45) is 0 Å². The summed E-state index contributed by atoms with van der Waals surface area (Å²) in [5.41, 5.74) is 0. The summed E-state index contributed by atoms with van der Waals surface area (Å²) in [6.45, 7) is 0.344. The molecule has 0 saturated carbocycles. The highest BCUT2D eigenvalue weighted by atomic mass is 35.5. The van der Waals surface area contributed by atoms with Gasteiger partial charge in [-0.05, 0) is 18.9 Å². The quantitative estimate of drug-likeness (QED) is 0.930. The summed E-state index contributed by atoms with van der Waals surface area (Å²) in [6, 6.07) is 1.57. The molecule has 1 N–H and O–H groups in total. The van der Waals surface area contributed by atoms with Gasteiger partial charge in [-0.2, -0.15) is 0 Å².